The average molecular weight is 372 g/mol. The number of aryl methyl sites for hydroxylation is 1. The molecule has 142 valence electrons. The smallest absolute Gasteiger partial charge is 0.338 e. The molecule has 0 aliphatic carbocycles. The Morgan fingerprint density at radius 1 is 1.15 bits per heavy atom. The molecule has 27 heavy (non-hydrogen) atoms. The van der Waals surface area contributed by atoms with Crippen molar-refractivity contribution in [2.45, 2.75) is 33.0 Å². The molecule has 2 aromatic carbocycles. The first-order valence-corrected chi connectivity index (χ1v) is 8.80. The zero-order valence-corrected chi connectivity index (χ0v) is 15.2. The van der Waals surface area contributed by atoms with E-state index in [9.17, 15) is 19.1 Å². The quantitative estimate of drug-likeness (QED) is 0.676. The van der Waals surface area contributed by atoms with E-state index in [-0.39, 0.29) is 24.4 Å². The largest absolute Gasteiger partial charge is 0.462 e. The Balaban J connectivity index is 2.09. The van der Waals surface area contributed by atoms with Gasteiger partial charge in [-0.25, -0.2) is 14.0 Å². The number of fused-ring (bicyclic) bond motifs is 1. The van der Waals surface area contributed by atoms with Crippen molar-refractivity contribution in [1.29, 1.82) is 0 Å². The first-order chi connectivity index (χ1) is 13.0. The van der Waals surface area contributed by atoms with Crippen LogP contribution in [0.2, 0.25) is 0 Å². The highest BCUT2D eigenvalue weighted by atomic mass is 19.1. The van der Waals surface area contributed by atoms with Gasteiger partial charge >= 0.3 is 11.7 Å². The maximum Gasteiger partial charge on any atom is 0.338 e. The summed E-state index contributed by atoms with van der Waals surface area (Å²) in [6.07, 6.45) is -1.20. The molecule has 0 unspecified atom stereocenters. The Bertz CT molecular complexity index is 1040. The molecule has 0 spiro atoms. The van der Waals surface area contributed by atoms with Crippen molar-refractivity contribution >= 4 is 17.0 Å². The zero-order chi connectivity index (χ0) is 19.6. The van der Waals surface area contributed by atoms with Gasteiger partial charge in [0.2, 0.25) is 0 Å². The fourth-order valence-electron chi connectivity index (χ4n) is 3.16. The molecule has 0 saturated carbocycles. The van der Waals surface area contributed by atoms with E-state index in [1.807, 2.05) is 6.92 Å². The van der Waals surface area contributed by atoms with Crippen molar-refractivity contribution in [3.8, 4) is 0 Å². The standard InChI is InChI=1S/C20H21FN2O4/c1-3-22-16-10-9-13(19(25)27-4-2)11-17(16)23(20(22)26)12-18(24)14-7-5-6-8-15(14)21/h5-11,18,24H,3-4,12H2,1-2H3/t18-/m1/s1. The minimum atomic E-state index is -1.20. The van der Waals surface area contributed by atoms with Crippen molar-refractivity contribution in [2.24, 2.45) is 0 Å². The van der Waals surface area contributed by atoms with Crippen LogP contribution in [0.4, 0.5) is 4.39 Å². The molecule has 0 bridgehead atoms. The van der Waals surface area contributed by atoms with Gasteiger partial charge in [0.15, 0.2) is 0 Å². The van der Waals surface area contributed by atoms with Crippen LogP contribution in [-0.4, -0.2) is 26.8 Å². The minimum Gasteiger partial charge on any atom is -0.462 e. The molecule has 1 aromatic heterocycles. The fraction of sp³-hybridized carbons (Fsp3) is 0.300. The summed E-state index contributed by atoms with van der Waals surface area (Å²) in [7, 11) is 0. The average Bonchev–Trinajstić information content (AvgIpc) is 2.92. The highest BCUT2D eigenvalue weighted by Crippen LogP contribution is 2.22. The number of hydrogen-bond acceptors (Lipinski definition) is 4. The van der Waals surface area contributed by atoms with Gasteiger partial charge in [-0.05, 0) is 38.1 Å². The molecule has 0 saturated heterocycles. The van der Waals surface area contributed by atoms with Crippen molar-refractivity contribution in [3.05, 3.63) is 69.9 Å². The van der Waals surface area contributed by atoms with Crippen LogP contribution in [-0.2, 0) is 17.8 Å². The molecule has 1 N–H and O–H groups in total. The van der Waals surface area contributed by atoms with Gasteiger partial charge in [0.1, 0.15) is 5.82 Å². The second-order valence-corrected chi connectivity index (χ2v) is 6.10. The van der Waals surface area contributed by atoms with Gasteiger partial charge in [-0.1, -0.05) is 18.2 Å². The molecule has 0 aliphatic rings. The summed E-state index contributed by atoms with van der Waals surface area (Å²) in [5.74, 6) is -1.03. The molecular weight excluding hydrogens is 351 g/mol. The highest BCUT2D eigenvalue weighted by molar-refractivity contribution is 5.93. The van der Waals surface area contributed by atoms with Gasteiger partial charge in [0.25, 0.3) is 0 Å². The molecule has 3 aromatic rings. The summed E-state index contributed by atoms with van der Waals surface area (Å²) in [4.78, 5) is 24.8. The lowest BCUT2D eigenvalue weighted by atomic mass is 10.1. The summed E-state index contributed by atoms with van der Waals surface area (Å²) in [6, 6.07) is 10.7. The van der Waals surface area contributed by atoms with E-state index in [1.165, 1.54) is 22.8 Å². The van der Waals surface area contributed by atoms with E-state index in [0.717, 1.165) is 0 Å². The number of nitrogens with zero attached hydrogens (tertiary/aromatic N) is 2. The van der Waals surface area contributed by atoms with Crippen molar-refractivity contribution in [2.75, 3.05) is 6.61 Å². The van der Waals surface area contributed by atoms with Crippen molar-refractivity contribution in [1.82, 2.24) is 9.13 Å². The molecule has 1 atom stereocenters. The Kier molecular flexibility index (Phi) is 5.41. The van der Waals surface area contributed by atoms with E-state index in [0.29, 0.717) is 23.1 Å². The lowest BCUT2D eigenvalue weighted by molar-refractivity contribution is 0.0526. The molecule has 3 rings (SSSR count). The normalized spacial score (nSPS) is 12.3. The Morgan fingerprint density at radius 2 is 1.89 bits per heavy atom. The number of aliphatic hydroxyl groups is 1. The molecule has 0 radical (unpaired) electrons. The minimum absolute atomic E-state index is 0.114. The fourth-order valence-corrected chi connectivity index (χ4v) is 3.16. The Hall–Kier alpha value is -2.93. The summed E-state index contributed by atoms with van der Waals surface area (Å²) >= 11 is 0. The van der Waals surface area contributed by atoms with Gasteiger partial charge in [-0.2, -0.15) is 0 Å². The van der Waals surface area contributed by atoms with E-state index < -0.39 is 17.9 Å². The van der Waals surface area contributed by atoms with Gasteiger partial charge < -0.3 is 9.84 Å². The lowest BCUT2D eigenvalue weighted by Crippen LogP contribution is -2.26. The van der Waals surface area contributed by atoms with Gasteiger partial charge in [0.05, 0.1) is 35.9 Å². The number of hydrogen-bond donors (Lipinski definition) is 1. The molecule has 0 fully saturated rings. The molecule has 7 heteroatoms. The van der Waals surface area contributed by atoms with E-state index in [1.54, 1.807) is 35.8 Å². The first-order valence-electron chi connectivity index (χ1n) is 8.80. The number of carbonyl (C=O) groups is 1. The predicted octanol–water partition coefficient (Wildman–Crippen LogP) is 2.87. The maximum atomic E-state index is 14.0. The van der Waals surface area contributed by atoms with Crippen LogP contribution >= 0.6 is 0 Å². The lowest BCUT2D eigenvalue weighted by Gasteiger charge is -2.13. The first kappa shape index (κ1) is 18.8. The van der Waals surface area contributed by atoms with Crippen LogP contribution in [0.15, 0.2) is 47.3 Å². The van der Waals surface area contributed by atoms with Crippen LogP contribution < -0.4 is 5.69 Å². The molecular formula is C20H21FN2O4. The maximum absolute atomic E-state index is 14.0. The molecule has 1 heterocycles. The number of aromatic nitrogens is 2. The third-order valence-electron chi connectivity index (χ3n) is 4.47. The number of carbonyl (C=O) groups excluding carboxylic acids is 1. The number of ether oxygens (including phenoxy) is 1. The van der Waals surface area contributed by atoms with Crippen LogP contribution in [0, 0.1) is 5.82 Å². The number of aliphatic hydroxyl groups excluding tert-OH is 1. The van der Waals surface area contributed by atoms with Gasteiger partial charge in [-0.3, -0.25) is 9.13 Å². The van der Waals surface area contributed by atoms with Crippen molar-refractivity contribution < 1.29 is 19.0 Å². The monoisotopic (exact) mass is 372 g/mol. The van der Waals surface area contributed by atoms with Crippen LogP contribution in [0.1, 0.15) is 35.9 Å². The summed E-state index contributed by atoms with van der Waals surface area (Å²) in [5.41, 5.74) is 1.22. The van der Waals surface area contributed by atoms with Crippen LogP contribution in [0.5, 0.6) is 0 Å². The third-order valence-corrected chi connectivity index (χ3v) is 4.47. The number of halogens is 1. The van der Waals surface area contributed by atoms with E-state index in [2.05, 4.69) is 0 Å². The van der Waals surface area contributed by atoms with Crippen molar-refractivity contribution in [3.63, 3.8) is 0 Å². The van der Waals surface area contributed by atoms with E-state index >= 15 is 0 Å². The number of esters is 1. The topological polar surface area (TPSA) is 73.5 Å². The summed E-state index contributed by atoms with van der Waals surface area (Å²) in [6.45, 7) is 4.08. The van der Waals surface area contributed by atoms with Crippen LogP contribution in [0.3, 0.4) is 0 Å². The SMILES string of the molecule is CCOC(=O)c1ccc2c(c1)n(C[C@@H](O)c1ccccc1F)c(=O)n2CC. The third kappa shape index (κ3) is 3.50. The molecule has 0 amide bonds. The summed E-state index contributed by atoms with van der Waals surface area (Å²) in [5, 5.41) is 10.5. The highest BCUT2D eigenvalue weighted by Gasteiger charge is 2.19. The number of rotatable bonds is 6. The van der Waals surface area contributed by atoms with E-state index in [4.69, 9.17) is 4.74 Å². The molecule has 6 nitrogen and oxygen atoms in total. The van der Waals surface area contributed by atoms with Gasteiger partial charge in [-0.15, -0.1) is 0 Å². The number of benzene rings is 2. The Morgan fingerprint density at radius 3 is 2.56 bits per heavy atom. The Labute approximate surface area is 155 Å². The second-order valence-electron chi connectivity index (χ2n) is 6.10. The summed E-state index contributed by atoms with van der Waals surface area (Å²) < 4.78 is 21.9. The predicted molar refractivity (Wildman–Crippen MR) is 99.2 cm³/mol. The zero-order valence-electron chi connectivity index (χ0n) is 15.2. The van der Waals surface area contributed by atoms with Crippen LogP contribution in [0.25, 0.3) is 11.0 Å². The van der Waals surface area contributed by atoms with Gasteiger partial charge in [0, 0.05) is 12.1 Å². The second kappa shape index (κ2) is 7.75. The number of imidazole rings is 1. The molecule has 0 aliphatic heterocycles.